The van der Waals surface area contributed by atoms with E-state index in [4.69, 9.17) is 4.42 Å². The molecule has 0 atom stereocenters. The summed E-state index contributed by atoms with van der Waals surface area (Å²) in [5.41, 5.74) is 1.12. The van der Waals surface area contributed by atoms with Gasteiger partial charge in [-0.2, -0.15) is 13.2 Å². The minimum Gasteiger partial charge on any atom is -0.451 e. The van der Waals surface area contributed by atoms with Gasteiger partial charge < -0.3 is 14.6 Å². The number of anilines is 2. The predicted molar refractivity (Wildman–Crippen MR) is 110 cm³/mol. The van der Waals surface area contributed by atoms with Crippen molar-refractivity contribution in [3.8, 4) is 0 Å². The topological polar surface area (TPSA) is 61.6 Å². The molecule has 0 radical (unpaired) electrons. The number of carbonyl (C=O) groups excluding carboxylic acids is 1. The molecule has 1 aliphatic heterocycles. The van der Waals surface area contributed by atoms with Gasteiger partial charge in [-0.15, -0.1) is 0 Å². The molecule has 1 amide bonds. The summed E-state index contributed by atoms with van der Waals surface area (Å²) in [6, 6.07) is 11.9. The Bertz CT molecular complexity index is 1010. The molecule has 31 heavy (non-hydrogen) atoms. The maximum Gasteiger partial charge on any atom is 0.416 e. The summed E-state index contributed by atoms with van der Waals surface area (Å²) >= 11 is 0. The molecule has 0 bridgehead atoms. The first kappa shape index (κ1) is 20.9. The van der Waals surface area contributed by atoms with Crippen molar-refractivity contribution in [2.75, 3.05) is 36.4 Å². The molecule has 162 valence electrons. The highest BCUT2D eigenvalue weighted by atomic mass is 19.4. The minimum atomic E-state index is -4.50. The molecule has 3 aromatic rings. The zero-order chi connectivity index (χ0) is 21.8. The van der Waals surface area contributed by atoms with Crippen LogP contribution in [0.5, 0.6) is 0 Å². The van der Waals surface area contributed by atoms with Gasteiger partial charge in [-0.1, -0.05) is 18.2 Å². The lowest BCUT2D eigenvalue weighted by molar-refractivity contribution is -0.137. The van der Waals surface area contributed by atoms with Crippen LogP contribution in [0.1, 0.15) is 21.6 Å². The number of piperazine rings is 1. The van der Waals surface area contributed by atoms with E-state index in [1.165, 1.54) is 12.5 Å². The van der Waals surface area contributed by atoms with Gasteiger partial charge in [0, 0.05) is 38.3 Å². The number of aromatic nitrogens is 1. The van der Waals surface area contributed by atoms with Gasteiger partial charge in [0.15, 0.2) is 6.39 Å². The SMILES string of the molecule is O=C(Nc1cc(C(F)(F)F)ccc1N1CCN(Cc2cocn2)CC1)c1ccccc1. The van der Waals surface area contributed by atoms with Crippen LogP contribution in [-0.4, -0.2) is 42.0 Å². The van der Waals surface area contributed by atoms with E-state index in [1.54, 1.807) is 36.6 Å². The molecule has 0 saturated carbocycles. The Morgan fingerprint density at radius 3 is 2.45 bits per heavy atom. The average Bonchev–Trinajstić information content (AvgIpc) is 3.27. The molecule has 6 nitrogen and oxygen atoms in total. The number of hydrogen-bond acceptors (Lipinski definition) is 5. The van der Waals surface area contributed by atoms with Crippen LogP contribution in [0.25, 0.3) is 0 Å². The van der Waals surface area contributed by atoms with E-state index in [9.17, 15) is 18.0 Å². The quantitative estimate of drug-likeness (QED) is 0.655. The molecular weight excluding hydrogens is 409 g/mol. The van der Waals surface area contributed by atoms with E-state index >= 15 is 0 Å². The third-order valence-electron chi connectivity index (χ3n) is 5.19. The Balaban J connectivity index is 1.53. The molecule has 4 rings (SSSR count). The van der Waals surface area contributed by atoms with Gasteiger partial charge in [0.1, 0.15) is 6.26 Å². The van der Waals surface area contributed by atoms with E-state index in [1.807, 2.05) is 4.90 Å². The normalized spacial score (nSPS) is 15.1. The number of alkyl halides is 3. The first-order valence-corrected chi connectivity index (χ1v) is 9.82. The van der Waals surface area contributed by atoms with Gasteiger partial charge in [-0.25, -0.2) is 4.98 Å². The van der Waals surface area contributed by atoms with E-state index < -0.39 is 17.6 Å². The number of nitrogens with zero attached hydrogens (tertiary/aromatic N) is 3. The zero-order valence-electron chi connectivity index (χ0n) is 16.6. The van der Waals surface area contributed by atoms with Gasteiger partial charge in [-0.3, -0.25) is 9.69 Å². The van der Waals surface area contributed by atoms with Crippen LogP contribution in [0.2, 0.25) is 0 Å². The van der Waals surface area contributed by atoms with Crippen molar-refractivity contribution in [1.82, 2.24) is 9.88 Å². The first-order chi connectivity index (χ1) is 14.9. The van der Waals surface area contributed by atoms with E-state index in [0.717, 1.165) is 17.8 Å². The summed E-state index contributed by atoms with van der Waals surface area (Å²) in [4.78, 5) is 20.9. The lowest BCUT2D eigenvalue weighted by atomic mass is 10.1. The van der Waals surface area contributed by atoms with Crippen molar-refractivity contribution in [3.05, 3.63) is 78.0 Å². The molecule has 9 heteroatoms. The molecule has 0 unspecified atom stereocenters. The Morgan fingerprint density at radius 2 is 1.81 bits per heavy atom. The van der Waals surface area contributed by atoms with Crippen molar-refractivity contribution >= 4 is 17.3 Å². The number of benzene rings is 2. The molecule has 1 fully saturated rings. The standard InChI is InChI=1S/C22H21F3N4O2/c23-22(24,25)17-6-7-20(19(12-17)27-21(30)16-4-2-1-3-5-16)29-10-8-28(9-11-29)13-18-14-31-15-26-18/h1-7,12,14-15H,8-11,13H2,(H,27,30). The van der Waals surface area contributed by atoms with Gasteiger partial charge >= 0.3 is 6.18 Å². The zero-order valence-corrected chi connectivity index (χ0v) is 16.6. The predicted octanol–water partition coefficient (Wildman–Crippen LogP) is 4.27. The van der Waals surface area contributed by atoms with Crippen LogP contribution in [0.3, 0.4) is 0 Å². The lowest BCUT2D eigenvalue weighted by Gasteiger charge is -2.36. The van der Waals surface area contributed by atoms with Gasteiger partial charge in [-0.05, 0) is 30.3 Å². The second-order valence-electron chi connectivity index (χ2n) is 7.29. The molecule has 0 spiro atoms. The van der Waals surface area contributed by atoms with Gasteiger partial charge in [0.25, 0.3) is 5.91 Å². The summed E-state index contributed by atoms with van der Waals surface area (Å²) in [5.74, 6) is -0.453. The van der Waals surface area contributed by atoms with Crippen LogP contribution in [0.4, 0.5) is 24.5 Å². The smallest absolute Gasteiger partial charge is 0.416 e. The molecule has 1 N–H and O–H groups in total. The van der Waals surface area contributed by atoms with Crippen LogP contribution in [0.15, 0.2) is 65.6 Å². The molecular formula is C22H21F3N4O2. The number of hydrogen-bond donors (Lipinski definition) is 1. The minimum absolute atomic E-state index is 0.147. The molecule has 1 aliphatic rings. The van der Waals surface area contributed by atoms with Crippen molar-refractivity contribution in [1.29, 1.82) is 0 Å². The second kappa shape index (κ2) is 8.81. The molecule has 1 aromatic heterocycles. The van der Waals surface area contributed by atoms with Crippen LogP contribution < -0.4 is 10.2 Å². The van der Waals surface area contributed by atoms with Crippen molar-refractivity contribution in [2.45, 2.75) is 12.7 Å². The Hall–Kier alpha value is -3.33. The summed E-state index contributed by atoms with van der Waals surface area (Å²) in [5, 5.41) is 2.67. The number of nitrogens with one attached hydrogen (secondary N) is 1. The first-order valence-electron chi connectivity index (χ1n) is 9.82. The number of oxazole rings is 1. The van der Waals surface area contributed by atoms with Crippen LogP contribution in [-0.2, 0) is 12.7 Å². The fourth-order valence-corrected chi connectivity index (χ4v) is 3.56. The third kappa shape index (κ3) is 5.05. The molecule has 2 aromatic carbocycles. The summed E-state index contributed by atoms with van der Waals surface area (Å²) in [7, 11) is 0. The summed E-state index contributed by atoms with van der Waals surface area (Å²) in [6.07, 6.45) is -1.52. The summed E-state index contributed by atoms with van der Waals surface area (Å²) in [6.45, 7) is 3.28. The highest BCUT2D eigenvalue weighted by Gasteiger charge is 2.32. The number of carbonyl (C=O) groups is 1. The fraction of sp³-hybridized carbons (Fsp3) is 0.273. The van der Waals surface area contributed by atoms with Gasteiger partial charge in [0.2, 0.25) is 0 Å². The second-order valence-corrected chi connectivity index (χ2v) is 7.29. The van der Waals surface area contributed by atoms with Crippen molar-refractivity contribution < 1.29 is 22.4 Å². The third-order valence-corrected chi connectivity index (χ3v) is 5.19. The monoisotopic (exact) mass is 430 g/mol. The van der Waals surface area contributed by atoms with Crippen molar-refractivity contribution in [3.63, 3.8) is 0 Å². The number of halogens is 3. The maximum atomic E-state index is 13.3. The van der Waals surface area contributed by atoms with Gasteiger partial charge in [0.05, 0.1) is 22.6 Å². The number of rotatable bonds is 5. The molecule has 1 saturated heterocycles. The largest absolute Gasteiger partial charge is 0.451 e. The number of amides is 1. The highest BCUT2D eigenvalue weighted by molar-refractivity contribution is 6.06. The van der Waals surface area contributed by atoms with E-state index in [0.29, 0.717) is 44.0 Å². The van der Waals surface area contributed by atoms with E-state index in [-0.39, 0.29) is 5.69 Å². The lowest BCUT2D eigenvalue weighted by Crippen LogP contribution is -2.46. The average molecular weight is 430 g/mol. The highest BCUT2D eigenvalue weighted by Crippen LogP contribution is 2.36. The maximum absolute atomic E-state index is 13.3. The Morgan fingerprint density at radius 1 is 1.06 bits per heavy atom. The van der Waals surface area contributed by atoms with E-state index in [2.05, 4.69) is 15.2 Å². The molecule has 0 aliphatic carbocycles. The van der Waals surface area contributed by atoms with Crippen molar-refractivity contribution in [2.24, 2.45) is 0 Å². The summed E-state index contributed by atoms with van der Waals surface area (Å²) < 4.78 is 44.9. The fourth-order valence-electron chi connectivity index (χ4n) is 3.56. The molecule has 2 heterocycles. The van der Waals surface area contributed by atoms with Crippen LogP contribution in [0, 0.1) is 0 Å². The van der Waals surface area contributed by atoms with Crippen LogP contribution >= 0.6 is 0 Å². The Labute approximate surface area is 177 Å². The Kier molecular flexibility index (Phi) is 5.94.